The number of carbonyl (C=O) groups excluding carboxylic acids is 1. The highest BCUT2D eigenvalue weighted by Crippen LogP contribution is 2.31. The average molecular weight is 224 g/mol. The maximum atomic E-state index is 12.0. The largest absolute Gasteiger partial charge is 0.335 e. The normalized spacial score (nSPS) is 19.5. The second-order valence-electron chi connectivity index (χ2n) is 4.14. The molecule has 1 aliphatic heterocycles. The van der Waals surface area contributed by atoms with Gasteiger partial charge in [0.05, 0.1) is 0 Å². The van der Waals surface area contributed by atoms with Crippen LogP contribution in [-0.4, -0.2) is 23.4 Å². The van der Waals surface area contributed by atoms with E-state index >= 15 is 0 Å². The van der Waals surface area contributed by atoms with Gasteiger partial charge >= 0.3 is 0 Å². The molecule has 1 aromatic rings. The maximum Gasteiger partial charge on any atom is 0.254 e. The van der Waals surface area contributed by atoms with E-state index in [2.05, 4.69) is 6.07 Å². The molecule has 2 nitrogen and oxygen atoms in total. The SMILES string of the molecule is Cl.O=C1c2ccccc2CCN1C1CC1. The molecule has 2 aliphatic rings. The predicted octanol–water partition coefficient (Wildman–Crippen LogP) is 2.27. The van der Waals surface area contributed by atoms with Crippen molar-refractivity contribution in [3.63, 3.8) is 0 Å². The maximum absolute atomic E-state index is 12.0. The number of fused-ring (bicyclic) bond motifs is 1. The summed E-state index contributed by atoms with van der Waals surface area (Å²) in [6.07, 6.45) is 3.43. The van der Waals surface area contributed by atoms with E-state index in [0.29, 0.717) is 6.04 Å². The number of amides is 1. The minimum atomic E-state index is 0. The van der Waals surface area contributed by atoms with E-state index in [1.807, 2.05) is 23.1 Å². The predicted molar refractivity (Wildman–Crippen MR) is 61.5 cm³/mol. The third kappa shape index (κ3) is 1.74. The second-order valence-corrected chi connectivity index (χ2v) is 4.14. The van der Waals surface area contributed by atoms with Crippen LogP contribution in [0.5, 0.6) is 0 Å². The van der Waals surface area contributed by atoms with Gasteiger partial charge in [-0.3, -0.25) is 4.79 Å². The molecule has 3 heteroatoms. The molecule has 1 saturated carbocycles. The van der Waals surface area contributed by atoms with Crippen LogP contribution in [0.1, 0.15) is 28.8 Å². The van der Waals surface area contributed by atoms with Crippen molar-refractivity contribution in [2.75, 3.05) is 6.54 Å². The molecular formula is C12H14ClNO. The Morgan fingerprint density at radius 3 is 2.67 bits per heavy atom. The van der Waals surface area contributed by atoms with Gasteiger partial charge in [-0.2, -0.15) is 0 Å². The highest BCUT2D eigenvalue weighted by molar-refractivity contribution is 5.97. The Labute approximate surface area is 95.7 Å². The lowest BCUT2D eigenvalue weighted by atomic mass is 9.99. The van der Waals surface area contributed by atoms with Gasteiger partial charge in [-0.1, -0.05) is 18.2 Å². The first-order chi connectivity index (χ1) is 6.86. The van der Waals surface area contributed by atoms with Gasteiger partial charge in [0, 0.05) is 18.2 Å². The van der Waals surface area contributed by atoms with E-state index in [9.17, 15) is 4.79 Å². The Morgan fingerprint density at radius 2 is 1.93 bits per heavy atom. The van der Waals surface area contributed by atoms with Crippen LogP contribution in [0, 0.1) is 0 Å². The zero-order valence-electron chi connectivity index (χ0n) is 8.48. The Bertz CT molecular complexity index is 387. The van der Waals surface area contributed by atoms with E-state index < -0.39 is 0 Å². The van der Waals surface area contributed by atoms with Gasteiger partial charge < -0.3 is 4.90 Å². The third-order valence-corrected chi connectivity index (χ3v) is 3.12. The van der Waals surface area contributed by atoms with Gasteiger partial charge in [0.15, 0.2) is 0 Å². The van der Waals surface area contributed by atoms with Gasteiger partial charge in [-0.15, -0.1) is 12.4 Å². The summed E-state index contributed by atoms with van der Waals surface area (Å²) in [5, 5.41) is 0. The number of halogens is 1. The van der Waals surface area contributed by atoms with Crippen molar-refractivity contribution in [2.45, 2.75) is 25.3 Å². The smallest absolute Gasteiger partial charge is 0.254 e. The van der Waals surface area contributed by atoms with E-state index in [1.54, 1.807) is 0 Å². The van der Waals surface area contributed by atoms with Crippen LogP contribution in [0.15, 0.2) is 24.3 Å². The van der Waals surface area contributed by atoms with Crippen molar-refractivity contribution in [3.8, 4) is 0 Å². The van der Waals surface area contributed by atoms with Gasteiger partial charge in [-0.05, 0) is 30.9 Å². The molecule has 1 heterocycles. The fourth-order valence-corrected chi connectivity index (χ4v) is 2.18. The first-order valence-corrected chi connectivity index (χ1v) is 5.25. The summed E-state index contributed by atoms with van der Waals surface area (Å²) < 4.78 is 0. The molecule has 1 fully saturated rings. The van der Waals surface area contributed by atoms with Crippen molar-refractivity contribution in [1.82, 2.24) is 4.90 Å². The summed E-state index contributed by atoms with van der Waals surface area (Å²) in [5.74, 6) is 0.245. The van der Waals surface area contributed by atoms with Gasteiger partial charge in [0.2, 0.25) is 0 Å². The van der Waals surface area contributed by atoms with E-state index in [-0.39, 0.29) is 18.3 Å². The Hall–Kier alpha value is -1.02. The third-order valence-electron chi connectivity index (χ3n) is 3.12. The zero-order valence-corrected chi connectivity index (χ0v) is 9.30. The minimum Gasteiger partial charge on any atom is -0.335 e. The van der Waals surface area contributed by atoms with E-state index in [4.69, 9.17) is 0 Å². The van der Waals surface area contributed by atoms with Crippen molar-refractivity contribution < 1.29 is 4.79 Å². The highest BCUT2D eigenvalue weighted by atomic mass is 35.5. The molecule has 0 bridgehead atoms. The summed E-state index contributed by atoms with van der Waals surface area (Å²) in [6, 6.07) is 8.53. The topological polar surface area (TPSA) is 20.3 Å². The van der Waals surface area contributed by atoms with E-state index in [0.717, 1.165) is 18.5 Å². The van der Waals surface area contributed by atoms with Gasteiger partial charge in [0.1, 0.15) is 0 Å². The quantitative estimate of drug-likeness (QED) is 0.715. The molecule has 0 radical (unpaired) electrons. The van der Waals surface area contributed by atoms with Gasteiger partial charge in [0.25, 0.3) is 5.91 Å². The number of nitrogens with zero attached hydrogens (tertiary/aromatic N) is 1. The highest BCUT2D eigenvalue weighted by Gasteiger charge is 2.35. The number of hydrogen-bond donors (Lipinski definition) is 0. The van der Waals surface area contributed by atoms with Crippen molar-refractivity contribution in [1.29, 1.82) is 0 Å². The van der Waals surface area contributed by atoms with Crippen molar-refractivity contribution >= 4 is 18.3 Å². The number of rotatable bonds is 1. The lowest BCUT2D eigenvalue weighted by Gasteiger charge is -2.28. The molecule has 80 valence electrons. The van der Waals surface area contributed by atoms with Crippen LogP contribution < -0.4 is 0 Å². The molecule has 0 aromatic heterocycles. The number of carbonyl (C=O) groups is 1. The molecule has 0 saturated heterocycles. The van der Waals surface area contributed by atoms with Crippen LogP contribution in [0.4, 0.5) is 0 Å². The fraction of sp³-hybridized carbons (Fsp3) is 0.417. The summed E-state index contributed by atoms with van der Waals surface area (Å²) in [5.41, 5.74) is 2.14. The zero-order chi connectivity index (χ0) is 9.54. The molecule has 0 spiro atoms. The lowest BCUT2D eigenvalue weighted by molar-refractivity contribution is 0.0727. The summed E-state index contributed by atoms with van der Waals surface area (Å²) in [7, 11) is 0. The number of benzene rings is 1. The molecule has 0 N–H and O–H groups in total. The second kappa shape index (κ2) is 3.86. The van der Waals surface area contributed by atoms with Crippen LogP contribution in [0.2, 0.25) is 0 Å². The standard InChI is InChI=1S/C12H13NO.ClH/c14-12-11-4-2-1-3-9(11)7-8-13(12)10-5-6-10;/h1-4,10H,5-8H2;1H. The minimum absolute atomic E-state index is 0. The molecule has 1 aliphatic carbocycles. The Balaban J connectivity index is 0.000000853. The molecule has 1 aromatic carbocycles. The summed E-state index contributed by atoms with van der Waals surface area (Å²) in [4.78, 5) is 14.1. The summed E-state index contributed by atoms with van der Waals surface area (Å²) in [6.45, 7) is 0.917. The van der Waals surface area contributed by atoms with Crippen molar-refractivity contribution in [2.24, 2.45) is 0 Å². The van der Waals surface area contributed by atoms with Crippen LogP contribution in [0.3, 0.4) is 0 Å². The van der Waals surface area contributed by atoms with Crippen LogP contribution in [0.25, 0.3) is 0 Å². The molecule has 3 rings (SSSR count). The average Bonchev–Trinajstić information content (AvgIpc) is 3.03. The molecule has 15 heavy (non-hydrogen) atoms. The molecule has 0 unspecified atom stereocenters. The first-order valence-electron chi connectivity index (χ1n) is 5.25. The molecule has 0 atom stereocenters. The van der Waals surface area contributed by atoms with Gasteiger partial charge in [-0.25, -0.2) is 0 Å². The van der Waals surface area contributed by atoms with Crippen LogP contribution >= 0.6 is 12.4 Å². The molecule has 1 amide bonds. The Kier molecular flexibility index (Phi) is 2.70. The number of hydrogen-bond acceptors (Lipinski definition) is 1. The molecular weight excluding hydrogens is 210 g/mol. The Morgan fingerprint density at radius 1 is 1.20 bits per heavy atom. The first kappa shape index (κ1) is 10.5. The van der Waals surface area contributed by atoms with E-state index in [1.165, 1.54) is 18.4 Å². The van der Waals surface area contributed by atoms with Crippen molar-refractivity contribution in [3.05, 3.63) is 35.4 Å². The lowest BCUT2D eigenvalue weighted by Crippen LogP contribution is -2.39. The summed E-state index contributed by atoms with van der Waals surface area (Å²) >= 11 is 0. The monoisotopic (exact) mass is 223 g/mol. The fourth-order valence-electron chi connectivity index (χ4n) is 2.18. The van der Waals surface area contributed by atoms with Crippen LogP contribution in [-0.2, 0) is 6.42 Å².